The average molecular weight is 374 g/mol. The second-order valence-electron chi connectivity index (χ2n) is 6.47. The zero-order valence-corrected chi connectivity index (χ0v) is 16.3. The standard InChI is InChI=1S/C19H26N4O4/c1-11(8-15-12(2)22-23(4)13(15)3)21-19(25)14-6-7-16(17(9-14)26-5)27-10-18(20)24/h6-7,9,11H,8,10H2,1-5H3,(H2,20,24)(H,21,25). The number of primary amides is 1. The molecule has 2 rings (SSSR count). The van der Waals surface area contributed by atoms with Gasteiger partial charge in [0.25, 0.3) is 11.8 Å². The maximum Gasteiger partial charge on any atom is 0.255 e. The Bertz CT molecular complexity index is 844. The molecule has 146 valence electrons. The minimum absolute atomic E-state index is 0.0733. The van der Waals surface area contributed by atoms with Crippen molar-refractivity contribution in [3.05, 3.63) is 40.7 Å². The topological polar surface area (TPSA) is 108 Å². The van der Waals surface area contributed by atoms with Crippen LogP contribution in [-0.4, -0.2) is 41.4 Å². The van der Waals surface area contributed by atoms with Gasteiger partial charge in [-0.15, -0.1) is 0 Å². The molecule has 8 heteroatoms. The van der Waals surface area contributed by atoms with E-state index in [9.17, 15) is 9.59 Å². The Hall–Kier alpha value is -3.03. The molecule has 0 spiro atoms. The molecular formula is C19H26N4O4. The van der Waals surface area contributed by atoms with Crippen molar-refractivity contribution in [2.24, 2.45) is 12.8 Å². The highest BCUT2D eigenvalue weighted by Crippen LogP contribution is 2.28. The Kier molecular flexibility index (Phi) is 6.44. The van der Waals surface area contributed by atoms with Crippen molar-refractivity contribution in [2.75, 3.05) is 13.7 Å². The molecule has 1 aromatic heterocycles. The summed E-state index contributed by atoms with van der Waals surface area (Å²) in [5, 5.41) is 7.39. The second kappa shape index (κ2) is 8.57. The molecule has 2 aromatic rings. The lowest BCUT2D eigenvalue weighted by molar-refractivity contribution is -0.119. The van der Waals surface area contributed by atoms with Gasteiger partial charge in [-0.3, -0.25) is 14.3 Å². The van der Waals surface area contributed by atoms with E-state index in [-0.39, 0.29) is 18.6 Å². The first kappa shape index (κ1) is 20.3. The summed E-state index contributed by atoms with van der Waals surface area (Å²) in [5.41, 5.74) is 8.70. The van der Waals surface area contributed by atoms with Crippen molar-refractivity contribution in [3.63, 3.8) is 0 Å². The number of hydrogen-bond acceptors (Lipinski definition) is 5. The van der Waals surface area contributed by atoms with Crippen LogP contribution in [0.25, 0.3) is 0 Å². The van der Waals surface area contributed by atoms with Gasteiger partial charge < -0.3 is 20.5 Å². The summed E-state index contributed by atoms with van der Waals surface area (Å²) in [5.74, 6) is -0.104. The van der Waals surface area contributed by atoms with Crippen molar-refractivity contribution in [2.45, 2.75) is 33.2 Å². The molecule has 0 aliphatic carbocycles. The summed E-state index contributed by atoms with van der Waals surface area (Å²) in [6.07, 6.45) is 0.689. The maximum atomic E-state index is 12.6. The zero-order valence-electron chi connectivity index (χ0n) is 16.3. The fraction of sp³-hybridized carbons (Fsp3) is 0.421. The largest absolute Gasteiger partial charge is 0.493 e. The number of amides is 2. The molecule has 27 heavy (non-hydrogen) atoms. The van der Waals surface area contributed by atoms with Crippen LogP contribution in [0.3, 0.4) is 0 Å². The Morgan fingerprint density at radius 2 is 2.00 bits per heavy atom. The SMILES string of the molecule is COc1cc(C(=O)NC(C)Cc2c(C)nn(C)c2C)ccc1OCC(N)=O. The number of ether oxygens (including phenoxy) is 2. The van der Waals surface area contributed by atoms with E-state index >= 15 is 0 Å². The van der Waals surface area contributed by atoms with Gasteiger partial charge in [-0.1, -0.05) is 0 Å². The van der Waals surface area contributed by atoms with Gasteiger partial charge in [0, 0.05) is 24.3 Å². The number of nitrogens with zero attached hydrogens (tertiary/aromatic N) is 2. The van der Waals surface area contributed by atoms with Crippen LogP contribution >= 0.6 is 0 Å². The number of nitrogens with two attached hydrogens (primary N) is 1. The number of carbonyl (C=O) groups is 2. The Morgan fingerprint density at radius 3 is 2.56 bits per heavy atom. The summed E-state index contributed by atoms with van der Waals surface area (Å²) >= 11 is 0. The predicted octanol–water partition coefficient (Wildman–Crippen LogP) is 1.27. The summed E-state index contributed by atoms with van der Waals surface area (Å²) in [6.45, 7) is 5.67. The van der Waals surface area contributed by atoms with Gasteiger partial charge >= 0.3 is 0 Å². The minimum Gasteiger partial charge on any atom is -0.493 e. The first-order valence-corrected chi connectivity index (χ1v) is 8.62. The van der Waals surface area contributed by atoms with E-state index in [1.807, 2.05) is 32.5 Å². The lowest BCUT2D eigenvalue weighted by atomic mass is 10.0. The van der Waals surface area contributed by atoms with Crippen molar-refractivity contribution in [3.8, 4) is 11.5 Å². The maximum absolute atomic E-state index is 12.6. The highest BCUT2D eigenvalue weighted by atomic mass is 16.5. The van der Waals surface area contributed by atoms with E-state index < -0.39 is 5.91 Å². The molecule has 0 radical (unpaired) electrons. The third-order valence-corrected chi connectivity index (χ3v) is 4.34. The molecule has 1 aromatic carbocycles. The van der Waals surface area contributed by atoms with E-state index in [2.05, 4.69) is 10.4 Å². The molecule has 0 saturated carbocycles. The van der Waals surface area contributed by atoms with Crippen LogP contribution in [0.4, 0.5) is 0 Å². The summed E-state index contributed by atoms with van der Waals surface area (Å²) < 4.78 is 12.3. The lowest BCUT2D eigenvalue weighted by Crippen LogP contribution is -2.34. The average Bonchev–Trinajstić information content (AvgIpc) is 2.85. The third kappa shape index (κ3) is 4.99. The van der Waals surface area contributed by atoms with Gasteiger partial charge in [0.2, 0.25) is 0 Å². The quantitative estimate of drug-likeness (QED) is 0.723. The molecule has 0 aliphatic heterocycles. The van der Waals surface area contributed by atoms with E-state index in [4.69, 9.17) is 15.2 Å². The van der Waals surface area contributed by atoms with E-state index in [0.29, 0.717) is 23.5 Å². The monoisotopic (exact) mass is 374 g/mol. The van der Waals surface area contributed by atoms with Crippen LogP contribution in [-0.2, 0) is 18.3 Å². The van der Waals surface area contributed by atoms with Gasteiger partial charge in [0.15, 0.2) is 18.1 Å². The lowest BCUT2D eigenvalue weighted by Gasteiger charge is -2.16. The molecule has 0 saturated heterocycles. The number of aromatic nitrogens is 2. The molecule has 0 bridgehead atoms. The highest BCUT2D eigenvalue weighted by molar-refractivity contribution is 5.95. The second-order valence-corrected chi connectivity index (χ2v) is 6.47. The van der Waals surface area contributed by atoms with E-state index in [0.717, 1.165) is 17.0 Å². The fourth-order valence-corrected chi connectivity index (χ4v) is 2.85. The zero-order chi connectivity index (χ0) is 20.1. The van der Waals surface area contributed by atoms with Crippen LogP contribution in [0, 0.1) is 13.8 Å². The third-order valence-electron chi connectivity index (χ3n) is 4.34. The molecule has 3 N–H and O–H groups in total. The number of hydrogen-bond donors (Lipinski definition) is 2. The number of benzene rings is 1. The molecular weight excluding hydrogens is 348 g/mol. The van der Waals surface area contributed by atoms with E-state index in [1.54, 1.807) is 18.2 Å². The minimum atomic E-state index is -0.589. The first-order chi connectivity index (χ1) is 12.7. The Balaban J connectivity index is 2.07. The van der Waals surface area contributed by atoms with Gasteiger partial charge in [0.1, 0.15) is 0 Å². The molecule has 0 fully saturated rings. The van der Waals surface area contributed by atoms with Crippen molar-refractivity contribution >= 4 is 11.8 Å². The summed E-state index contributed by atoms with van der Waals surface area (Å²) in [4.78, 5) is 23.4. The Labute approximate surface area is 158 Å². The van der Waals surface area contributed by atoms with Crippen LogP contribution < -0.4 is 20.5 Å². The van der Waals surface area contributed by atoms with Crippen LogP contribution in [0.15, 0.2) is 18.2 Å². The number of nitrogens with one attached hydrogen (secondary N) is 1. The normalized spacial score (nSPS) is 11.7. The summed E-state index contributed by atoms with van der Waals surface area (Å²) in [7, 11) is 3.37. The van der Waals surface area contributed by atoms with Crippen molar-refractivity contribution in [1.29, 1.82) is 0 Å². The molecule has 1 heterocycles. The predicted molar refractivity (Wildman–Crippen MR) is 101 cm³/mol. The number of rotatable bonds is 8. The Morgan fingerprint density at radius 1 is 1.30 bits per heavy atom. The van der Waals surface area contributed by atoms with Gasteiger partial charge in [0.05, 0.1) is 12.8 Å². The van der Waals surface area contributed by atoms with Gasteiger partial charge in [-0.2, -0.15) is 5.10 Å². The van der Waals surface area contributed by atoms with Crippen LogP contribution in [0.5, 0.6) is 11.5 Å². The fourth-order valence-electron chi connectivity index (χ4n) is 2.85. The van der Waals surface area contributed by atoms with E-state index in [1.165, 1.54) is 7.11 Å². The molecule has 1 atom stereocenters. The smallest absolute Gasteiger partial charge is 0.255 e. The summed E-state index contributed by atoms with van der Waals surface area (Å²) in [6, 6.07) is 4.69. The van der Waals surface area contributed by atoms with Crippen molar-refractivity contribution in [1.82, 2.24) is 15.1 Å². The molecule has 2 amide bonds. The van der Waals surface area contributed by atoms with Gasteiger partial charge in [-0.05, 0) is 51.0 Å². The van der Waals surface area contributed by atoms with Gasteiger partial charge in [-0.25, -0.2) is 0 Å². The number of carbonyl (C=O) groups excluding carboxylic acids is 2. The molecule has 1 unspecified atom stereocenters. The van der Waals surface area contributed by atoms with Crippen LogP contribution in [0.1, 0.15) is 34.2 Å². The number of methoxy groups -OCH3 is 1. The highest BCUT2D eigenvalue weighted by Gasteiger charge is 2.17. The molecule has 8 nitrogen and oxygen atoms in total. The number of aryl methyl sites for hydroxylation is 2. The first-order valence-electron chi connectivity index (χ1n) is 8.62. The van der Waals surface area contributed by atoms with Crippen molar-refractivity contribution < 1.29 is 19.1 Å². The van der Waals surface area contributed by atoms with Crippen LogP contribution in [0.2, 0.25) is 0 Å². The molecule has 0 aliphatic rings.